The summed E-state index contributed by atoms with van der Waals surface area (Å²) in [5.41, 5.74) is 0. The van der Waals surface area contributed by atoms with Crippen molar-refractivity contribution in [3.8, 4) is 0 Å². The first-order valence-electron chi connectivity index (χ1n) is 8.32. The fourth-order valence-electron chi connectivity index (χ4n) is 2.66. The topological polar surface area (TPSA) is 58.1 Å². The molecule has 0 radical (unpaired) electrons. The monoisotopic (exact) mass is 426 g/mol. The van der Waals surface area contributed by atoms with Crippen LogP contribution in [0.25, 0.3) is 0 Å². The third-order valence-electron chi connectivity index (χ3n) is 3.87. The summed E-state index contributed by atoms with van der Waals surface area (Å²) in [6, 6.07) is 0. The largest absolute Gasteiger partial charge is 0.379 e. The zero-order valence-electron chi connectivity index (χ0n) is 13.7. The van der Waals surface area contributed by atoms with Crippen LogP contribution in [0.2, 0.25) is 0 Å². The van der Waals surface area contributed by atoms with Crippen LogP contribution in [-0.4, -0.2) is 76.1 Å². The van der Waals surface area contributed by atoms with Crippen LogP contribution in [0, 0.1) is 0 Å². The van der Waals surface area contributed by atoms with E-state index in [1.54, 1.807) is 0 Å². The Labute approximate surface area is 151 Å². The van der Waals surface area contributed by atoms with E-state index >= 15 is 0 Å². The summed E-state index contributed by atoms with van der Waals surface area (Å²) in [5, 5.41) is 6.70. The molecule has 2 fully saturated rings. The predicted octanol–water partition coefficient (Wildman–Crippen LogP) is 1.06. The van der Waals surface area contributed by atoms with Gasteiger partial charge in [0.1, 0.15) is 0 Å². The van der Waals surface area contributed by atoms with Crippen LogP contribution >= 0.6 is 24.0 Å². The number of hydrogen-bond donors (Lipinski definition) is 2. The second-order valence-electron chi connectivity index (χ2n) is 5.59. The summed E-state index contributed by atoms with van der Waals surface area (Å²) in [7, 11) is 0. The first-order valence-corrected chi connectivity index (χ1v) is 8.32. The molecule has 2 aliphatic heterocycles. The third kappa shape index (κ3) is 7.94. The van der Waals surface area contributed by atoms with Crippen molar-refractivity contribution < 1.29 is 9.47 Å². The molecule has 7 heteroatoms. The Balaban J connectivity index is 0.00000242. The van der Waals surface area contributed by atoms with Gasteiger partial charge in [0.15, 0.2) is 5.96 Å². The van der Waals surface area contributed by atoms with Crippen molar-refractivity contribution in [3.63, 3.8) is 0 Å². The quantitative estimate of drug-likeness (QED) is 0.276. The van der Waals surface area contributed by atoms with Crippen LogP contribution in [0.4, 0.5) is 0 Å². The van der Waals surface area contributed by atoms with Gasteiger partial charge in [-0.1, -0.05) is 0 Å². The highest BCUT2D eigenvalue weighted by atomic mass is 127. The number of guanidine groups is 1. The van der Waals surface area contributed by atoms with Gasteiger partial charge in [-0.2, -0.15) is 0 Å². The number of aliphatic imine (C=N–C) groups is 1. The van der Waals surface area contributed by atoms with E-state index in [-0.39, 0.29) is 24.0 Å². The van der Waals surface area contributed by atoms with Crippen molar-refractivity contribution in [2.24, 2.45) is 4.99 Å². The standard InChI is InChI=1S/C15H30N4O2.HI/c1-2-16-15(18-13-14-5-3-10-21-14)17-6-4-7-19-8-11-20-12-9-19;/h14H,2-13H2,1H3,(H2,16,17,18);1H. The number of nitrogens with one attached hydrogen (secondary N) is 2. The lowest BCUT2D eigenvalue weighted by Gasteiger charge is -2.26. The molecule has 2 saturated heterocycles. The van der Waals surface area contributed by atoms with Gasteiger partial charge in [-0.25, -0.2) is 0 Å². The Morgan fingerprint density at radius 3 is 2.73 bits per heavy atom. The normalized spacial score (nSPS) is 23.1. The Hall–Kier alpha value is -0.120. The minimum atomic E-state index is 0. The molecule has 1 atom stereocenters. The summed E-state index contributed by atoms with van der Waals surface area (Å²) < 4.78 is 11.0. The minimum Gasteiger partial charge on any atom is -0.379 e. The maximum atomic E-state index is 5.61. The average Bonchev–Trinajstić information content (AvgIpc) is 3.03. The molecule has 0 amide bonds. The van der Waals surface area contributed by atoms with E-state index in [0.717, 1.165) is 77.9 Å². The molecule has 0 aliphatic carbocycles. The van der Waals surface area contributed by atoms with Crippen LogP contribution in [0.3, 0.4) is 0 Å². The molecule has 0 spiro atoms. The van der Waals surface area contributed by atoms with Gasteiger partial charge < -0.3 is 20.1 Å². The molecule has 0 bridgehead atoms. The maximum absolute atomic E-state index is 5.61. The van der Waals surface area contributed by atoms with Crippen molar-refractivity contribution in [1.29, 1.82) is 0 Å². The molecule has 0 saturated carbocycles. The number of hydrogen-bond acceptors (Lipinski definition) is 4. The second kappa shape index (κ2) is 12.3. The molecule has 2 N–H and O–H groups in total. The van der Waals surface area contributed by atoms with Gasteiger partial charge in [0.05, 0.1) is 25.9 Å². The van der Waals surface area contributed by atoms with Crippen molar-refractivity contribution in [2.45, 2.75) is 32.3 Å². The van der Waals surface area contributed by atoms with Gasteiger partial charge in [-0.05, 0) is 32.7 Å². The smallest absolute Gasteiger partial charge is 0.191 e. The zero-order valence-corrected chi connectivity index (χ0v) is 16.0. The first-order chi connectivity index (χ1) is 10.4. The zero-order chi connectivity index (χ0) is 14.8. The van der Waals surface area contributed by atoms with Gasteiger partial charge in [0.25, 0.3) is 0 Å². The van der Waals surface area contributed by atoms with E-state index in [1.807, 2.05) is 0 Å². The van der Waals surface area contributed by atoms with Crippen LogP contribution in [0.15, 0.2) is 4.99 Å². The number of nitrogens with zero attached hydrogens (tertiary/aromatic N) is 2. The summed E-state index contributed by atoms with van der Waals surface area (Å²) in [6.45, 7) is 10.6. The van der Waals surface area contributed by atoms with E-state index < -0.39 is 0 Å². The highest BCUT2D eigenvalue weighted by molar-refractivity contribution is 14.0. The van der Waals surface area contributed by atoms with E-state index in [0.29, 0.717) is 6.10 Å². The van der Waals surface area contributed by atoms with E-state index in [1.165, 1.54) is 6.42 Å². The lowest BCUT2D eigenvalue weighted by atomic mass is 10.2. The van der Waals surface area contributed by atoms with Crippen LogP contribution in [0.5, 0.6) is 0 Å². The maximum Gasteiger partial charge on any atom is 0.191 e. The molecule has 1 unspecified atom stereocenters. The van der Waals surface area contributed by atoms with Gasteiger partial charge in [0.2, 0.25) is 0 Å². The van der Waals surface area contributed by atoms with Gasteiger partial charge >= 0.3 is 0 Å². The Morgan fingerprint density at radius 2 is 2.05 bits per heavy atom. The molecule has 0 aromatic heterocycles. The molecule has 130 valence electrons. The molecular weight excluding hydrogens is 395 g/mol. The van der Waals surface area contributed by atoms with Gasteiger partial charge in [-0.3, -0.25) is 9.89 Å². The molecule has 2 rings (SSSR count). The number of ether oxygens (including phenoxy) is 2. The van der Waals surface area contributed by atoms with E-state index in [2.05, 4.69) is 27.4 Å². The molecule has 6 nitrogen and oxygen atoms in total. The molecule has 0 aromatic rings. The SMILES string of the molecule is CCNC(=NCC1CCCO1)NCCCN1CCOCC1.I. The molecular formula is C15H31IN4O2. The summed E-state index contributed by atoms with van der Waals surface area (Å²) >= 11 is 0. The molecule has 22 heavy (non-hydrogen) atoms. The lowest BCUT2D eigenvalue weighted by Crippen LogP contribution is -2.41. The Kier molecular flexibility index (Phi) is 11.2. The minimum absolute atomic E-state index is 0. The highest BCUT2D eigenvalue weighted by Gasteiger charge is 2.15. The fourth-order valence-corrected chi connectivity index (χ4v) is 2.66. The molecule has 2 heterocycles. The summed E-state index contributed by atoms with van der Waals surface area (Å²) in [6.07, 6.45) is 3.75. The molecule has 0 aromatic carbocycles. The summed E-state index contributed by atoms with van der Waals surface area (Å²) in [4.78, 5) is 7.08. The van der Waals surface area contributed by atoms with Crippen molar-refractivity contribution in [1.82, 2.24) is 15.5 Å². The van der Waals surface area contributed by atoms with E-state index in [4.69, 9.17) is 9.47 Å². The third-order valence-corrected chi connectivity index (χ3v) is 3.87. The van der Waals surface area contributed by atoms with E-state index in [9.17, 15) is 0 Å². The second-order valence-corrected chi connectivity index (χ2v) is 5.59. The van der Waals surface area contributed by atoms with Gasteiger partial charge in [-0.15, -0.1) is 24.0 Å². The van der Waals surface area contributed by atoms with Crippen LogP contribution < -0.4 is 10.6 Å². The van der Waals surface area contributed by atoms with Gasteiger partial charge in [0, 0.05) is 32.8 Å². The fraction of sp³-hybridized carbons (Fsp3) is 0.933. The molecule has 2 aliphatic rings. The number of morpholine rings is 1. The van der Waals surface area contributed by atoms with Crippen LogP contribution in [-0.2, 0) is 9.47 Å². The predicted molar refractivity (Wildman–Crippen MR) is 100 cm³/mol. The first kappa shape index (κ1) is 19.9. The summed E-state index contributed by atoms with van der Waals surface area (Å²) in [5.74, 6) is 0.912. The Bertz CT molecular complexity index is 306. The van der Waals surface area contributed by atoms with Crippen molar-refractivity contribution in [3.05, 3.63) is 0 Å². The van der Waals surface area contributed by atoms with Crippen molar-refractivity contribution >= 4 is 29.9 Å². The average molecular weight is 426 g/mol. The van der Waals surface area contributed by atoms with Crippen molar-refractivity contribution in [2.75, 3.05) is 59.1 Å². The highest BCUT2D eigenvalue weighted by Crippen LogP contribution is 2.11. The van der Waals surface area contributed by atoms with Crippen LogP contribution in [0.1, 0.15) is 26.2 Å². The number of halogens is 1. The Morgan fingerprint density at radius 1 is 1.23 bits per heavy atom. The lowest BCUT2D eigenvalue weighted by molar-refractivity contribution is 0.0376. The number of rotatable bonds is 7.